The van der Waals surface area contributed by atoms with E-state index in [2.05, 4.69) is 10.6 Å². The first kappa shape index (κ1) is 21.1. The maximum absolute atomic E-state index is 13.1. The zero-order valence-corrected chi connectivity index (χ0v) is 15.8. The summed E-state index contributed by atoms with van der Waals surface area (Å²) < 4.78 is 32.9. The predicted octanol–water partition coefficient (Wildman–Crippen LogP) is 2.31. The summed E-state index contributed by atoms with van der Waals surface area (Å²) in [5.41, 5.74) is 2.08. The predicted molar refractivity (Wildman–Crippen MR) is 97.9 cm³/mol. The number of benzene rings is 1. The Morgan fingerprint density at radius 3 is 2.39 bits per heavy atom. The number of hydrogen-bond acceptors (Lipinski definition) is 4. The Hall–Kier alpha value is -3.23. The average molecular weight is 393 g/mol. The highest BCUT2D eigenvalue weighted by Gasteiger charge is 2.17. The number of nitrogens with zero attached hydrogens (tertiary/aromatic N) is 1. The fraction of sp³-hybridized carbons (Fsp3) is 0.316. The van der Waals surface area contributed by atoms with Gasteiger partial charge >= 0.3 is 5.97 Å². The Balaban J connectivity index is 1.80. The van der Waals surface area contributed by atoms with Gasteiger partial charge in [-0.25, -0.2) is 13.6 Å². The number of aromatic nitrogens is 1. The fourth-order valence-corrected chi connectivity index (χ4v) is 2.71. The molecular formula is C19H21F2N3O4. The summed E-state index contributed by atoms with van der Waals surface area (Å²) in [6.45, 7) is 5.35. The van der Waals surface area contributed by atoms with Gasteiger partial charge in [-0.15, -0.1) is 0 Å². The number of nitrogens with one attached hydrogen (secondary N) is 2. The van der Waals surface area contributed by atoms with Crippen LogP contribution in [0.5, 0.6) is 0 Å². The third-order valence-corrected chi connectivity index (χ3v) is 4.09. The van der Waals surface area contributed by atoms with Gasteiger partial charge in [-0.05, 0) is 39.0 Å². The number of anilines is 1. The summed E-state index contributed by atoms with van der Waals surface area (Å²) in [6, 6.07) is 4.57. The normalized spacial score (nSPS) is 10.5. The van der Waals surface area contributed by atoms with Crippen LogP contribution < -0.4 is 10.6 Å². The van der Waals surface area contributed by atoms with Crippen molar-refractivity contribution in [1.82, 2.24) is 9.88 Å². The van der Waals surface area contributed by atoms with E-state index in [0.717, 1.165) is 23.5 Å². The van der Waals surface area contributed by atoms with Crippen LogP contribution >= 0.6 is 0 Å². The first-order valence-corrected chi connectivity index (χ1v) is 8.58. The van der Waals surface area contributed by atoms with E-state index in [1.54, 1.807) is 13.0 Å². The number of ether oxygens (including phenoxy) is 1. The zero-order valence-electron chi connectivity index (χ0n) is 15.8. The van der Waals surface area contributed by atoms with Crippen molar-refractivity contribution in [3.63, 3.8) is 0 Å². The Morgan fingerprint density at radius 2 is 1.79 bits per heavy atom. The molecule has 2 aromatic rings. The SMILES string of the molecule is CCn1c(C)cc(C(=O)OCC(=O)NCC(=O)Nc2ccc(F)c(F)c2)c1C. The standard InChI is InChI=1S/C19H21F2N3O4/c1-4-24-11(2)7-14(12(24)3)19(27)28-10-18(26)22-9-17(25)23-13-5-6-15(20)16(21)8-13/h5-8H,4,9-10H2,1-3H3,(H,22,26)(H,23,25). The third-order valence-electron chi connectivity index (χ3n) is 4.09. The van der Waals surface area contributed by atoms with Crippen LogP contribution in [0, 0.1) is 25.5 Å². The monoisotopic (exact) mass is 393 g/mol. The summed E-state index contributed by atoms with van der Waals surface area (Å²) in [6.07, 6.45) is 0. The molecule has 1 aromatic carbocycles. The summed E-state index contributed by atoms with van der Waals surface area (Å²) >= 11 is 0. The van der Waals surface area contributed by atoms with E-state index in [1.807, 2.05) is 18.4 Å². The Labute approximate surface area is 160 Å². The first-order valence-electron chi connectivity index (χ1n) is 8.58. The number of carbonyl (C=O) groups excluding carboxylic acids is 3. The molecule has 0 fully saturated rings. The van der Waals surface area contributed by atoms with Gasteiger partial charge < -0.3 is 19.9 Å². The van der Waals surface area contributed by atoms with Crippen molar-refractivity contribution in [2.75, 3.05) is 18.5 Å². The van der Waals surface area contributed by atoms with Gasteiger partial charge in [0.25, 0.3) is 5.91 Å². The smallest absolute Gasteiger partial charge is 0.340 e. The molecule has 1 heterocycles. The van der Waals surface area contributed by atoms with Crippen LogP contribution in [0.15, 0.2) is 24.3 Å². The van der Waals surface area contributed by atoms with Crippen molar-refractivity contribution in [1.29, 1.82) is 0 Å². The molecule has 0 saturated carbocycles. The molecule has 0 aliphatic heterocycles. The van der Waals surface area contributed by atoms with Gasteiger partial charge in [0.1, 0.15) is 0 Å². The molecule has 2 N–H and O–H groups in total. The molecule has 0 saturated heterocycles. The molecule has 2 amide bonds. The molecule has 0 spiro atoms. The lowest BCUT2D eigenvalue weighted by Crippen LogP contribution is -2.35. The minimum atomic E-state index is -1.10. The van der Waals surface area contributed by atoms with Crippen LogP contribution in [-0.2, 0) is 20.9 Å². The van der Waals surface area contributed by atoms with Crippen molar-refractivity contribution in [3.8, 4) is 0 Å². The van der Waals surface area contributed by atoms with Crippen LogP contribution in [0.1, 0.15) is 28.7 Å². The molecule has 9 heteroatoms. The van der Waals surface area contributed by atoms with Gasteiger partial charge in [0.2, 0.25) is 5.91 Å². The maximum Gasteiger partial charge on any atom is 0.340 e. The summed E-state index contributed by atoms with van der Waals surface area (Å²) in [4.78, 5) is 35.6. The van der Waals surface area contributed by atoms with Gasteiger partial charge in [0.05, 0.1) is 12.1 Å². The number of esters is 1. The molecule has 0 unspecified atom stereocenters. The summed E-state index contributed by atoms with van der Waals surface area (Å²) in [5.74, 6) is -4.08. The molecule has 0 radical (unpaired) electrons. The number of carbonyl (C=O) groups is 3. The van der Waals surface area contributed by atoms with E-state index in [1.165, 1.54) is 6.07 Å². The van der Waals surface area contributed by atoms with Crippen molar-refractivity contribution < 1.29 is 27.9 Å². The van der Waals surface area contributed by atoms with Crippen LogP contribution in [0.3, 0.4) is 0 Å². The Bertz CT molecular complexity index is 909. The highest BCUT2D eigenvalue weighted by atomic mass is 19.2. The topological polar surface area (TPSA) is 89.4 Å². The summed E-state index contributed by atoms with van der Waals surface area (Å²) in [7, 11) is 0. The maximum atomic E-state index is 13.1. The van der Waals surface area contributed by atoms with Crippen molar-refractivity contribution >= 4 is 23.5 Å². The van der Waals surface area contributed by atoms with Gasteiger partial charge in [-0.1, -0.05) is 0 Å². The van der Waals surface area contributed by atoms with Crippen LogP contribution in [0.25, 0.3) is 0 Å². The van der Waals surface area contributed by atoms with Crippen molar-refractivity contribution in [3.05, 3.63) is 52.9 Å². The lowest BCUT2D eigenvalue weighted by molar-refractivity contribution is -0.126. The van der Waals surface area contributed by atoms with Gasteiger partial charge in [-0.2, -0.15) is 0 Å². The number of aryl methyl sites for hydroxylation is 1. The third kappa shape index (κ3) is 5.15. The second-order valence-electron chi connectivity index (χ2n) is 6.06. The van der Waals surface area contributed by atoms with E-state index < -0.39 is 42.6 Å². The van der Waals surface area contributed by atoms with E-state index in [4.69, 9.17) is 4.74 Å². The molecule has 2 rings (SSSR count). The highest BCUT2D eigenvalue weighted by Crippen LogP contribution is 2.16. The summed E-state index contributed by atoms with van der Waals surface area (Å²) in [5, 5.41) is 4.58. The second kappa shape index (κ2) is 9.12. The van der Waals surface area contributed by atoms with Gasteiger partial charge in [0.15, 0.2) is 18.2 Å². The molecule has 0 aliphatic rings. The molecule has 150 valence electrons. The number of hydrogen-bond donors (Lipinski definition) is 2. The van der Waals surface area contributed by atoms with E-state index in [0.29, 0.717) is 12.1 Å². The molecule has 28 heavy (non-hydrogen) atoms. The highest BCUT2D eigenvalue weighted by molar-refractivity contribution is 5.95. The quantitative estimate of drug-likeness (QED) is 0.707. The second-order valence-corrected chi connectivity index (χ2v) is 6.06. The largest absolute Gasteiger partial charge is 0.452 e. The van der Waals surface area contributed by atoms with Gasteiger partial charge in [-0.3, -0.25) is 9.59 Å². The molecular weight excluding hydrogens is 372 g/mol. The minimum absolute atomic E-state index is 0.0517. The minimum Gasteiger partial charge on any atom is -0.452 e. The molecule has 0 bridgehead atoms. The van der Waals surface area contributed by atoms with Gasteiger partial charge in [0, 0.05) is 29.7 Å². The van der Waals surface area contributed by atoms with E-state index >= 15 is 0 Å². The van der Waals surface area contributed by atoms with E-state index in [-0.39, 0.29) is 5.69 Å². The average Bonchev–Trinajstić information content (AvgIpc) is 2.94. The van der Waals surface area contributed by atoms with Crippen molar-refractivity contribution in [2.45, 2.75) is 27.3 Å². The Kier molecular flexibility index (Phi) is 6.86. The Morgan fingerprint density at radius 1 is 1.07 bits per heavy atom. The number of rotatable bonds is 7. The molecule has 7 nitrogen and oxygen atoms in total. The van der Waals surface area contributed by atoms with Crippen LogP contribution in [0.2, 0.25) is 0 Å². The lowest BCUT2D eigenvalue weighted by Gasteiger charge is -2.08. The lowest BCUT2D eigenvalue weighted by atomic mass is 10.2. The first-order chi connectivity index (χ1) is 13.2. The van der Waals surface area contributed by atoms with Crippen LogP contribution in [0.4, 0.5) is 14.5 Å². The molecule has 1 aromatic heterocycles. The zero-order chi connectivity index (χ0) is 20.8. The molecule has 0 atom stereocenters. The number of halogens is 2. The molecule has 0 aliphatic carbocycles. The number of amides is 2. The van der Waals surface area contributed by atoms with Crippen LogP contribution in [-0.4, -0.2) is 35.5 Å². The van der Waals surface area contributed by atoms with Crippen molar-refractivity contribution in [2.24, 2.45) is 0 Å². The van der Waals surface area contributed by atoms with E-state index in [9.17, 15) is 23.2 Å². The fourth-order valence-electron chi connectivity index (χ4n) is 2.71.